The summed E-state index contributed by atoms with van der Waals surface area (Å²) in [6, 6.07) is 0.401. The van der Waals surface area contributed by atoms with Gasteiger partial charge in [-0.3, -0.25) is 0 Å². The van der Waals surface area contributed by atoms with E-state index in [0.717, 1.165) is 29.3 Å². The Hall–Kier alpha value is -0.830. The fourth-order valence-corrected chi connectivity index (χ4v) is 1.96. The first-order valence-corrected chi connectivity index (χ1v) is 6.59. The van der Waals surface area contributed by atoms with Crippen LogP contribution in [0.25, 0.3) is 0 Å². The normalized spacial score (nSPS) is 14.5. The van der Waals surface area contributed by atoms with Gasteiger partial charge in [0.15, 0.2) is 11.0 Å². The van der Waals surface area contributed by atoms with E-state index in [1.807, 2.05) is 13.8 Å². The number of aromatic nitrogens is 2. The van der Waals surface area contributed by atoms with E-state index in [1.165, 1.54) is 6.42 Å². The summed E-state index contributed by atoms with van der Waals surface area (Å²) >= 11 is 5.93. The second kappa shape index (κ2) is 6.20. The van der Waals surface area contributed by atoms with Gasteiger partial charge in [0.1, 0.15) is 0 Å². The van der Waals surface area contributed by atoms with Crippen LogP contribution < -0.4 is 5.32 Å². The number of hydrogen-bond donors (Lipinski definition) is 1. The Balaban J connectivity index is 2.72. The van der Waals surface area contributed by atoms with Crippen LogP contribution in [-0.4, -0.2) is 16.2 Å². The molecular formula is C13H22ClN3. The lowest BCUT2D eigenvalue weighted by Crippen LogP contribution is -2.20. The molecule has 4 heteroatoms. The molecule has 17 heavy (non-hydrogen) atoms. The number of anilines is 1. The molecule has 2 atom stereocenters. The van der Waals surface area contributed by atoms with Crippen molar-refractivity contribution in [1.29, 1.82) is 0 Å². The maximum atomic E-state index is 5.93. The average Bonchev–Trinajstić information content (AvgIpc) is 2.29. The molecule has 2 unspecified atom stereocenters. The minimum absolute atomic E-state index is 0.401. The van der Waals surface area contributed by atoms with E-state index in [2.05, 4.69) is 36.3 Å². The van der Waals surface area contributed by atoms with E-state index in [4.69, 9.17) is 11.6 Å². The van der Waals surface area contributed by atoms with Gasteiger partial charge in [-0.1, -0.05) is 31.9 Å². The lowest BCUT2D eigenvalue weighted by atomic mass is 10.0. The fraction of sp³-hybridized carbons (Fsp3) is 0.692. The van der Waals surface area contributed by atoms with Gasteiger partial charge in [-0.25, -0.2) is 0 Å². The van der Waals surface area contributed by atoms with Crippen molar-refractivity contribution < 1.29 is 0 Å². The van der Waals surface area contributed by atoms with Gasteiger partial charge in [-0.2, -0.15) is 0 Å². The van der Waals surface area contributed by atoms with E-state index in [-0.39, 0.29) is 0 Å². The predicted octanol–water partition coefficient (Wildman–Crippen LogP) is 3.98. The van der Waals surface area contributed by atoms with Crippen LogP contribution in [-0.2, 0) is 0 Å². The van der Waals surface area contributed by atoms with Crippen molar-refractivity contribution in [3.8, 4) is 0 Å². The van der Waals surface area contributed by atoms with E-state index in [9.17, 15) is 0 Å². The van der Waals surface area contributed by atoms with Crippen molar-refractivity contribution in [2.75, 3.05) is 5.32 Å². The zero-order valence-corrected chi connectivity index (χ0v) is 12.1. The third kappa shape index (κ3) is 3.84. The van der Waals surface area contributed by atoms with Crippen LogP contribution >= 0.6 is 11.6 Å². The van der Waals surface area contributed by atoms with Gasteiger partial charge in [-0.15, -0.1) is 10.2 Å². The Labute approximate surface area is 109 Å². The lowest BCUT2D eigenvalue weighted by molar-refractivity contribution is 0.483. The third-order valence-corrected chi connectivity index (χ3v) is 3.66. The fourth-order valence-electron chi connectivity index (χ4n) is 1.78. The molecule has 1 rings (SSSR count). The minimum Gasteiger partial charge on any atom is -0.366 e. The average molecular weight is 256 g/mol. The number of nitrogens with zero attached hydrogens (tertiary/aromatic N) is 2. The third-order valence-electron chi connectivity index (χ3n) is 3.30. The molecule has 1 N–H and O–H groups in total. The summed E-state index contributed by atoms with van der Waals surface area (Å²) in [4.78, 5) is 0. The minimum atomic E-state index is 0.401. The summed E-state index contributed by atoms with van der Waals surface area (Å²) in [5, 5.41) is 12.0. The molecule has 0 aliphatic rings. The van der Waals surface area contributed by atoms with Gasteiger partial charge in [-0.05, 0) is 44.2 Å². The van der Waals surface area contributed by atoms with Crippen LogP contribution in [0.4, 0.5) is 5.82 Å². The molecule has 0 bridgehead atoms. The zero-order valence-electron chi connectivity index (χ0n) is 11.3. The van der Waals surface area contributed by atoms with Crippen molar-refractivity contribution in [3.63, 3.8) is 0 Å². The summed E-state index contributed by atoms with van der Waals surface area (Å²) < 4.78 is 0. The van der Waals surface area contributed by atoms with Gasteiger partial charge in [0.05, 0.1) is 0 Å². The molecule has 0 amide bonds. The smallest absolute Gasteiger partial charge is 0.155 e. The Morgan fingerprint density at radius 2 is 1.82 bits per heavy atom. The van der Waals surface area contributed by atoms with E-state index < -0.39 is 0 Å². The SMILES string of the molecule is CCC(C)CC(C)Nc1nnc(Cl)c(C)c1C. The highest BCUT2D eigenvalue weighted by Gasteiger charge is 2.12. The van der Waals surface area contributed by atoms with Crippen molar-refractivity contribution in [1.82, 2.24) is 10.2 Å². The van der Waals surface area contributed by atoms with Gasteiger partial charge in [0.2, 0.25) is 0 Å². The number of hydrogen-bond acceptors (Lipinski definition) is 3. The maximum absolute atomic E-state index is 5.93. The molecular weight excluding hydrogens is 234 g/mol. The number of rotatable bonds is 5. The Morgan fingerprint density at radius 3 is 2.41 bits per heavy atom. The molecule has 0 fully saturated rings. The van der Waals surface area contributed by atoms with E-state index >= 15 is 0 Å². The Morgan fingerprint density at radius 1 is 1.18 bits per heavy atom. The largest absolute Gasteiger partial charge is 0.366 e. The molecule has 0 saturated heterocycles. The molecule has 96 valence electrons. The highest BCUT2D eigenvalue weighted by molar-refractivity contribution is 6.30. The Kier molecular flexibility index (Phi) is 5.19. The monoisotopic (exact) mass is 255 g/mol. The number of nitrogens with one attached hydrogen (secondary N) is 1. The van der Waals surface area contributed by atoms with Crippen molar-refractivity contribution in [3.05, 3.63) is 16.3 Å². The van der Waals surface area contributed by atoms with Crippen molar-refractivity contribution in [2.45, 2.75) is 53.5 Å². The topological polar surface area (TPSA) is 37.8 Å². The zero-order chi connectivity index (χ0) is 13.0. The highest BCUT2D eigenvalue weighted by atomic mass is 35.5. The molecule has 0 aliphatic heterocycles. The van der Waals surface area contributed by atoms with Gasteiger partial charge < -0.3 is 5.32 Å². The first kappa shape index (κ1) is 14.2. The summed E-state index contributed by atoms with van der Waals surface area (Å²) in [5.41, 5.74) is 2.08. The van der Waals surface area contributed by atoms with Crippen LogP contribution in [0.3, 0.4) is 0 Å². The van der Waals surface area contributed by atoms with E-state index in [0.29, 0.717) is 11.2 Å². The van der Waals surface area contributed by atoms with Crippen LogP contribution in [0.5, 0.6) is 0 Å². The molecule has 0 radical (unpaired) electrons. The predicted molar refractivity (Wildman–Crippen MR) is 73.7 cm³/mol. The molecule has 3 nitrogen and oxygen atoms in total. The molecule has 0 aromatic carbocycles. The van der Waals surface area contributed by atoms with Crippen molar-refractivity contribution >= 4 is 17.4 Å². The van der Waals surface area contributed by atoms with Gasteiger partial charge in [0.25, 0.3) is 0 Å². The van der Waals surface area contributed by atoms with Crippen molar-refractivity contribution in [2.24, 2.45) is 5.92 Å². The molecule has 0 saturated carbocycles. The number of halogens is 1. The lowest BCUT2D eigenvalue weighted by Gasteiger charge is -2.19. The first-order chi connectivity index (χ1) is 7.95. The molecule has 1 aromatic heterocycles. The summed E-state index contributed by atoms with van der Waals surface area (Å²) in [5.74, 6) is 1.57. The highest BCUT2D eigenvalue weighted by Crippen LogP contribution is 2.22. The van der Waals surface area contributed by atoms with Crippen LogP contribution in [0.2, 0.25) is 5.15 Å². The van der Waals surface area contributed by atoms with Crippen LogP contribution in [0, 0.1) is 19.8 Å². The molecule has 0 aliphatic carbocycles. The summed E-state index contributed by atoms with van der Waals surface area (Å²) in [6.07, 6.45) is 2.34. The van der Waals surface area contributed by atoms with E-state index in [1.54, 1.807) is 0 Å². The van der Waals surface area contributed by atoms with Crippen LogP contribution in [0.1, 0.15) is 44.7 Å². The van der Waals surface area contributed by atoms with Gasteiger partial charge >= 0.3 is 0 Å². The second-order valence-corrected chi connectivity index (χ2v) is 5.24. The standard InChI is InChI=1S/C13H22ClN3/c1-6-8(2)7-9(3)15-13-11(5)10(4)12(14)16-17-13/h8-9H,6-7H2,1-5H3,(H,15,17). The quantitative estimate of drug-likeness (QED) is 0.865. The first-order valence-electron chi connectivity index (χ1n) is 6.21. The maximum Gasteiger partial charge on any atom is 0.155 e. The summed E-state index contributed by atoms with van der Waals surface area (Å²) in [6.45, 7) is 10.7. The Bertz CT molecular complexity index is 379. The molecule has 1 aromatic rings. The molecule has 1 heterocycles. The molecule has 0 spiro atoms. The van der Waals surface area contributed by atoms with Gasteiger partial charge in [0, 0.05) is 6.04 Å². The van der Waals surface area contributed by atoms with Crippen LogP contribution in [0.15, 0.2) is 0 Å². The summed E-state index contributed by atoms with van der Waals surface area (Å²) in [7, 11) is 0. The second-order valence-electron chi connectivity index (χ2n) is 4.88.